The predicted octanol–water partition coefficient (Wildman–Crippen LogP) is 4.98. The summed E-state index contributed by atoms with van der Waals surface area (Å²) < 4.78 is 6.38. The van der Waals surface area contributed by atoms with Crippen molar-refractivity contribution in [2.24, 2.45) is 0 Å². The third-order valence-corrected chi connectivity index (χ3v) is 4.69. The van der Waals surface area contributed by atoms with Gasteiger partial charge in [-0.15, -0.1) is 0 Å². The summed E-state index contributed by atoms with van der Waals surface area (Å²) in [4.78, 5) is 12.2. The van der Waals surface area contributed by atoms with E-state index in [2.05, 4.69) is 26.6 Å². The zero-order valence-corrected chi connectivity index (χ0v) is 17.0. The monoisotopic (exact) mass is 464 g/mol. The maximum Gasteiger partial charge on any atom is 0.257 e. The molecule has 0 unspecified atom stereocenters. The highest BCUT2D eigenvalue weighted by atomic mass is 79.9. The van der Waals surface area contributed by atoms with Crippen molar-refractivity contribution < 1.29 is 14.3 Å². The van der Waals surface area contributed by atoms with E-state index in [1.807, 2.05) is 0 Å². The minimum absolute atomic E-state index is 0.160. The number of amides is 1. The summed E-state index contributed by atoms with van der Waals surface area (Å²) >= 11 is 14.8. The highest BCUT2D eigenvalue weighted by molar-refractivity contribution is 9.10. The Bertz CT molecular complexity index is 989. The van der Waals surface area contributed by atoms with Gasteiger partial charge in [-0.2, -0.15) is 0 Å². The van der Waals surface area contributed by atoms with Crippen LogP contribution in [0.4, 0.5) is 5.69 Å². The van der Waals surface area contributed by atoms with Gasteiger partial charge in [-0.25, -0.2) is 0 Å². The molecule has 5 nitrogen and oxygen atoms in total. The normalized spacial score (nSPS) is 10.5. The van der Waals surface area contributed by atoms with Gasteiger partial charge in [-0.1, -0.05) is 27.5 Å². The maximum absolute atomic E-state index is 12.2. The summed E-state index contributed by atoms with van der Waals surface area (Å²) in [5, 5.41) is 15.2. The largest absolute Gasteiger partial charge is 0.459 e. The van der Waals surface area contributed by atoms with Crippen LogP contribution < -0.4 is 10.6 Å². The molecule has 0 aliphatic carbocycles. The fraction of sp³-hybridized carbons (Fsp3) is 0.0526. The number of hydrogen-bond donors (Lipinski definition) is 3. The Labute approximate surface area is 174 Å². The lowest BCUT2D eigenvalue weighted by Crippen LogP contribution is -2.34. The first-order valence-electron chi connectivity index (χ1n) is 7.83. The van der Waals surface area contributed by atoms with Gasteiger partial charge in [0.1, 0.15) is 18.1 Å². The van der Waals surface area contributed by atoms with Gasteiger partial charge in [0, 0.05) is 21.3 Å². The number of benzene rings is 2. The van der Waals surface area contributed by atoms with Crippen LogP contribution >= 0.6 is 39.7 Å². The molecule has 8 heteroatoms. The average Bonchev–Trinajstić information content (AvgIpc) is 3.11. The standard InChI is InChI=1S/C19H14BrClN2O3S/c20-12-3-1-11(2-4-12)18(25)23-19(27)22-13-5-7-15(16(21)9-13)17-8-6-14(10-24)26-17/h1-9,24H,10H2,(H2,22,23,25,27). The molecule has 0 saturated heterocycles. The molecular weight excluding hydrogens is 452 g/mol. The van der Waals surface area contributed by atoms with Gasteiger partial charge in [-0.05, 0) is 66.8 Å². The number of rotatable bonds is 4. The van der Waals surface area contributed by atoms with E-state index < -0.39 is 0 Å². The topological polar surface area (TPSA) is 74.5 Å². The molecule has 0 saturated carbocycles. The molecule has 1 heterocycles. The number of carbonyl (C=O) groups excluding carboxylic acids is 1. The SMILES string of the molecule is O=C(NC(=S)Nc1ccc(-c2ccc(CO)o2)c(Cl)c1)c1ccc(Br)cc1. The molecule has 2 aromatic carbocycles. The van der Waals surface area contributed by atoms with E-state index in [0.717, 1.165) is 4.47 Å². The summed E-state index contributed by atoms with van der Waals surface area (Å²) in [5.41, 5.74) is 1.80. The first-order chi connectivity index (χ1) is 13.0. The molecule has 0 atom stereocenters. The second-order valence-electron chi connectivity index (χ2n) is 5.53. The van der Waals surface area contributed by atoms with Crippen LogP contribution in [0.15, 0.2) is 63.5 Å². The quantitative estimate of drug-likeness (QED) is 0.474. The number of furan rings is 1. The highest BCUT2D eigenvalue weighted by Gasteiger charge is 2.11. The Balaban J connectivity index is 1.66. The van der Waals surface area contributed by atoms with Gasteiger partial charge in [0.25, 0.3) is 5.91 Å². The van der Waals surface area contributed by atoms with E-state index in [4.69, 9.17) is 33.3 Å². The van der Waals surface area contributed by atoms with Gasteiger partial charge in [0.2, 0.25) is 0 Å². The predicted molar refractivity (Wildman–Crippen MR) is 113 cm³/mol. The summed E-state index contributed by atoms with van der Waals surface area (Å²) in [6.45, 7) is -0.177. The number of carbonyl (C=O) groups is 1. The van der Waals surface area contributed by atoms with E-state index in [1.165, 1.54) is 0 Å². The van der Waals surface area contributed by atoms with Crippen molar-refractivity contribution in [3.05, 3.63) is 75.4 Å². The zero-order chi connectivity index (χ0) is 19.4. The Morgan fingerprint density at radius 1 is 1.15 bits per heavy atom. The van der Waals surface area contributed by atoms with E-state index in [1.54, 1.807) is 54.6 Å². The molecule has 3 N–H and O–H groups in total. The molecule has 0 aliphatic heterocycles. The third-order valence-electron chi connectivity index (χ3n) is 3.64. The molecule has 3 aromatic rings. The van der Waals surface area contributed by atoms with Crippen LogP contribution in [0, 0.1) is 0 Å². The van der Waals surface area contributed by atoms with Crippen molar-refractivity contribution in [2.45, 2.75) is 6.61 Å². The number of aliphatic hydroxyl groups excluding tert-OH is 1. The molecule has 1 aromatic heterocycles. The molecule has 0 spiro atoms. The molecule has 3 rings (SSSR count). The van der Waals surface area contributed by atoms with Crippen LogP contribution in [0.2, 0.25) is 5.02 Å². The number of thiocarbonyl (C=S) groups is 1. The van der Waals surface area contributed by atoms with E-state index in [9.17, 15) is 4.79 Å². The smallest absolute Gasteiger partial charge is 0.257 e. The third kappa shape index (κ3) is 4.95. The van der Waals surface area contributed by atoms with Crippen molar-refractivity contribution in [1.29, 1.82) is 0 Å². The fourth-order valence-corrected chi connectivity index (χ4v) is 3.09. The van der Waals surface area contributed by atoms with Crippen molar-refractivity contribution >= 4 is 56.5 Å². The molecule has 0 bridgehead atoms. The number of hydrogen-bond acceptors (Lipinski definition) is 4. The van der Waals surface area contributed by atoms with Crippen molar-refractivity contribution in [3.8, 4) is 11.3 Å². The number of nitrogens with one attached hydrogen (secondary N) is 2. The first kappa shape index (κ1) is 19.6. The van der Waals surface area contributed by atoms with Crippen LogP contribution in [0.5, 0.6) is 0 Å². The van der Waals surface area contributed by atoms with E-state index in [0.29, 0.717) is 33.4 Å². The van der Waals surface area contributed by atoms with Crippen LogP contribution in [0.25, 0.3) is 11.3 Å². The van der Waals surface area contributed by atoms with Crippen molar-refractivity contribution in [3.63, 3.8) is 0 Å². The lowest BCUT2D eigenvalue weighted by molar-refractivity contribution is 0.0977. The van der Waals surface area contributed by atoms with Gasteiger partial charge < -0.3 is 14.8 Å². The molecule has 0 fully saturated rings. The van der Waals surface area contributed by atoms with Crippen molar-refractivity contribution in [2.75, 3.05) is 5.32 Å². The molecule has 138 valence electrons. The van der Waals surface area contributed by atoms with Gasteiger partial charge >= 0.3 is 0 Å². The second-order valence-corrected chi connectivity index (χ2v) is 7.26. The number of aliphatic hydroxyl groups is 1. The Hall–Kier alpha value is -2.19. The molecule has 27 heavy (non-hydrogen) atoms. The lowest BCUT2D eigenvalue weighted by Gasteiger charge is -2.11. The van der Waals surface area contributed by atoms with Crippen LogP contribution in [0.1, 0.15) is 16.1 Å². The minimum Gasteiger partial charge on any atom is -0.459 e. The van der Waals surface area contributed by atoms with E-state index >= 15 is 0 Å². The zero-order valence-electron chi connectivity index (χ0n) is 13.8. The number of anilines is 1. The Morgan fingerprint density at radius 3 is 2.52 bits per heavy atom. The van der Waals surface area contributed by atoms with Crippen LogP contribution in [-0.4, -0.2) is 16.1 Å². The highest BCUT2D eigenvalue weighted by Crippen LogP contribution is 2.31. The minimum atomic E-state index is -0.310. The van der Waals surface area contributed by atoms with Crippen LogP contribution in [-0.2, 0) is 6.61 Å². The van der Waals surface area contributed by atoms with Gasteiger partial charge in [-0.3, -0.25) is 10.1 Å². The molecule has 0 aliphatic rings. The lowest BCUT2D eigenvalue weighted by atomic mass is 10.1. The van der Waals surface area contributed by atoms with Gasteiger partial charge in [0.15, 0.2) is 5.11 Å². The fourth-order valence-electron chi connectivity index (χ4n) is 2.34. The van der Waals surface area contributed by atoms with Crippen LogP contribution in [0.3, 0.4) is 0 Å². The molecule has 1 amide bonds. The van der Waals surface area contributed by atoms with Gasteiger partial charge in [0.05, 0.1) is 5.02 Å². The summed E-state index contributed by atoms with van der Waals surface area (Å²) in [7, 11) is 0. The second kappa shape index (κ2) is 8.67. The van der Waals surface area contributed by atoms with Crippen molar-refractivity contribution in [1.82, 2.24) is 5.32 Å². The first-order valence-corrected chi connectivity index (χ1v) is 9.41. The average molecular weight is 466 g/mol. The summed E-state index contributed by atoms with van der Waals surface area (Å²) in [6.07, 6.45) is 0. The summed E-state index contributed by atoms with van der Waals surface area (Å²) in [5.74, 6) is 0.705. The Kier molecular flexibility index (Phi) is 6.28. The maximum atomic E-state index is 12.2. The molecular formula is C19H14BrClN2O3S. The van der Waals surface area contributed by atoms with E-state index in [-0.39, 0.29) is 17.6 Å². The summed E-state index contributed by atoms with van der Waals surface area (Å²) in [6, 6.07) is 15.6. The molecule has 0 radical (unpaired) electrons. The number of halogens is 2. The Morgan fingerprint density at radius 2 is 1.89 bits per heavy atom.